The highest BCUT2D eigenvalue weighted by molar-refractivity contribution is 6.07. The zero-order valence-corrected chi connectivity index (χ0v) is 11.8. The molecule has 4 heteroatoms. The highest BCUT2D eigenvalue weighted by atomic mass is 19.1. The van der Waals surface area contributed by atoms with Gasteiger partial charge in [0.05, 0.1) is 5.52 Å². The molecule has 0 unspecified atom stereocenters. The highest BCUT2D eigenvalue weighted by Gasteiger charge is 2.19. The molecule has 3 nitrogen and oxygen atoms in total. The maximum Gasteiger partial charge on any atom is 0.252 e. The molecule has 0 aliphatic rings. The minimum absolute atomic E-state index is 0.239. The summed E-state index contributed by atoms with van der Waals surface area (Å²) in [6.07, 6.45) is 0. The molecule has 0 saturated heterocycles. The van der Waals surface area contributed by atoms with Crippen LogP contribution in [0.1, 0.15) is 5.56 Å². The lowest BCUT2D eigenvalue weighted by molar-refractivity contribution is 0.629. The van der Waals surface area contributed by atoms with Gasteiger partial charge in [0.2, 0.25) is 0 Å². The Hall–Kier alpha value is -2.88. The van der Waals surface area contributed by atoms with Crippen LogP contribution in [0.15, 0.2) is 57.7 Å². The zero-order chi connectivity index (χ0) is 15.3. The quantitative estimate of drug-likeness (QED) is 0.566. The van der Waals surface area contributed by atoms with E-state index in [1.54, 1.807) is 25.1 Å². The Labute approximate surface area is 125 Å². The standard InChI is InChI=1S/C18H12FNO2/c1-10-15(11-6-2-4-8-13(11)19)17-16(20-18(10)21)12-7-3-5-9-14(12)22-17/h2-9H,1H3,(H,20,21). The molecule has 1 N–H and O–H groups in total. The van der Waals surface area contributed by atoms with Gasteiger partial charge in [-0.2, -0.15) is 0 Å². The lowest BCUT2D eigenvalue weighted by atomic mass is 10.00. The third kappa shape index (κ3) is 1.70. The number of benzene rings is 2. The third-order valence-electron chi connectivity index (χ3n) is 3.92. The Kier molecular flexibility index (Phi) is 2.66. The molecule has 0 fully saturated rings. The average Bonchev–Trinajstić information content (AvgIpc) is 2.88. The number of para-hydroxylation sites is 1. The molecule has 0 atom stereocenters. The number of furan rings is 1. The van der Waals surface area contributed by atoms with Crippen LogP contribution in [-0.2, 0) is 0 Å². The van der Waals surface area contributed by atoms with Gasteiger partial charge in [-0.15, -0.1) is 0 Å². The molecule has 0 aliphatic carbocycles. The predicted molar refractivity (Wildman–Crippen MR) is 84.5 cm³/mol. The molecule has 0 saturated carbocycles. The van der Waals surface area contributed by atoms with Crippen molar-refractivity contribution in [3.8, 4) is 11.1 Å². The first-order chi connectivity index (χ1) is 10.7. The number of nitrogens with one attached hydrogen (secondary N) is 1. The summed E-state index contributed by atoms with van der Waals surface area (Å²) in [6, 6.07) is 13.8. The summed E-state index contributed by atoms with van der Waals surface area (Å²) in [6.45, 7) is 1.67. The van der Waals surface area contributed by atoms with Gasteiger partial charge in [0.25, 0.3) is 5.56 Å². The first kappa shape index (κ1) is 12.8. The number of hydrogen-bond acceptors (Lipinski definition) is 2. The Morgan fingerprint density at radius 2 is 1.77 bits per heavy atom. The van der Waals surface area contributed by atoms with Crippen LogP contribution in [0.4, 0.5) is 4.39 Å². The molecular formula is C18H12FNO2. The number of halogens is 1. The smallest absolute Gasteiger partial charge is 0.252 e. The van der Waals surface area contributed by atoms with Gasteiger partial charge in [0.1, 0.15) is 11.4 Å². The summed E-state index contributed by atoms with van der Waals surface area (Å²) in [5, 5.41) is 0.812. The second kappa shape index (κ2) is 4.56. The Balaban J connectivity index is 2.24. The Bertz CT molecular complexity index is 1080. The maximum atomic E-state index is 14.2. The largest absolute Gasteiger partial charge is 0.454 e. The van der Waals surface area contributed by atoms with Crippen molar-refractivity contribution in [3.63, 3.8) is 0 Å². The number of rotatable bonds is 1. The molecule has 2 aromatic heterocycles. The van der Waals surface area contributed by atoms with E-state index in [1.807, 2.05) is 24.3 Å². The van der Waals surface area contributed by atoms with Crippen molar-refractivity contribution < 1.29 is 8.81 Å². The van der Waals surface area contributed by atoms with E-state index in [-0.39, 0.29) is 11.4 Å². The first-order valence-corrected chi connectivity index (χ1v) is 6.96. The van der Waals surface area contributed by atoms with E-state index < -0.39 is 0 Å². The van der Waals surface area contributed by atoms with Crippen molar-refractivity contribution in [1.29, 1.82) is 0 Å². The van der Waals surface area contributed by atoms with Crippen LogP contribution in [0.25, 0.3) is 33.2 Å². The minimum Gasteiger partial charge on any atom is -0.454 e. The van der Waals surface area contributed by atoms with Gasteiger partial charge in [0, 0.05) is 22.1 Å². The minimum atomic E-state index is -0.377. The molecule has 0 radical (unpaired) electrons. The van der Waals surface area contributed by atoms with Gasteiger partial charge < -0.3 is 9.40 Å². The summed E-state index contributed by atoms with van der Waals surface area (Å²) in [5.74, 6) is -0.377. The van der Waals surface area contributed by atoms with E-state index in [0.717, 1.165) is 5.39 Å². The molecule has 108 valence electrons. The molecule has 0 amide bonds. The van der Waals surface area contributed by atoms with Gasteiger partial charge in [-0.25, -0.2) is 4.39 Å². The normalized spacial score (nSPS) is 11.4. The van der Waals surface area contributed by atoms with Crippen molar-refractivity contribution in [2.24, 2.45) is 0 Å². The number of hydrogen-bond donors (Lipinski definition) is 1. The van der Waals surface area contributed by atoms with E-state index in [4.69, 9.17) is 4.42 Å². The molecular weight excluding hydrogens is 281 g/mol. The number of H-pyrrole nitrogens is 1. The van der Waals surface area contributed by atoms with Crippen LogP contribution in [0.2, 0.25) is 0 Å². The van der Waals surface area contributed by atoms with Gasteiger partial charge in [-0.05, 0) is 25.1 Å². The topological polar surface area (TPSA) is 46.0 Å². The van der Waals surface area contributed by atoms with Crippen LogP contribution in [-0.4, -0.2) is 4.98 Å². The third-order valence-corrected chi connectivity index (χ3v) is 3.92. The van der Waals surface area contributed by atoms with Crippen LogP contribution in [0.3, 0.4) is 0 Å². The summed E-state index contributed by atoms with van der Waals surface area (Å²) >= 11 is 0. The molecule has 4 aromatic rings. The maximum absolute atomic E-state index is 14.2. The Morgan fingerprint density at radius 3 is 2.59 bits per heavy atom. The van der Waals surface area contributed by atoms with E-state index >= 15 is 0 Å². The zero-order valence-electron chi connectivity index (χ0n) is 11.8. The average molecular weight is 293 g/mol. The summed E-state index contributed by atoms with van der Waals surface area (Å²) in [5.41, 5.74) is 2.85. The number of aromatic amines is 1. The molecule has 4 rings (SSSR count). The van der Waals surface area contributed by atoms with E-state index in [9.17, 15) is 9.18 Å². The molecule has 0 bridgehead atoms. The fourth-order valence-electron chi connectivity index (χ4n) is 2.82. The molecule has 2 heterocycles. The van der Waals surface area contributed by atoms with E-state index in [1.165, 1.54) is 6.07 Å². The highest BCUT2D eigenvalue weighted by Crippen LogP contribution is 2.35. The second-order valence-electron chi connectivity index (χ2n) is 5.24. The Morgan fingerprint density at radius 1 is 1.05 bits per heavy atom. The summed E-state index contributed by atoms with van der Waals surface area (Å²) in [4.78, 5) is 15.1. The van der Waals surface area contributed by atoms with E-state index in [0.29, 0.717) is 33.4 Å². The van der Waals surface area contributed by atoms with Gasteiger partial charge in [0.15, 0.2) is 5.58 Å². The lowest BCUT2D eigenvalue weighted by Gasteiger charge is -2.07. The van der Waals surface area contributed by atoms with Crippen molar-refractivity contribution in [3.05, 3.63) is 70.3 Å². The van der Waals surface area contributed by atoms with Gasteiger partial charge >= 0.3 is 0 Å². The van der Waals surface area contributed by atoms with Gasteiger partial charge in [-0.3, -0.25) is 4.79 Å². The van der Waals surface area contributed by atoms with Crippen molar-refractivity contribution in [2.45, 2.75) is 6.92 Å². The van der Waals surface area contributed by atoms with Crippen molar-refractivity contribution in [2.75, 3.05) is 0 Å². The monoisotopic (exact) mass is 293 g/mol. The lowest BCUT2D eigenvalue weighted by Crippen LogP contribution is -2.11. The van der Waals surface area contributed by atoms with Crippen LogP contribution in [0.5, 0.6) is 0 Å². The molecule has 0 spiro atoms. The molecule has 0 aliphatic heterocycles. The first-order valence-electron chi connectivity index (χ1n) is 6.96. The fraction of sp³-hybridized carbons (Fsp3) is 0.0556. The molecule has 22 heavy (non-hydrogen) atoms. The number of aromatic nitrogens is 1. The van der Waals surface area contributed by atoms with Crippen molar-refractivity contribution >= 4 is 22.1 Å². The summed E-state index contributed by atoms with van der Waals surface area (Å²) in [7, 11) is 0. The second-order valence-corrected chi connectivity index (χ2v) is 5.24. The summed E-state index contributed by atoms with van der Waals surface area (Å²) < 4.78 is 20.1. The molecule has 2 aromatic carbocycles. The fourth-order valence-corrected chi connectivity index (χ4v) is 2.82. The predicted octanol–water partition coefficient (Wildman–Crippen LogP) is 4.39. The van der Waals surface area contributed by atoms with Crippen molar-refractivity contribution in [1.82, 2.24) is 4.98 Å². The number of pyridine rings is 1. The van der Waals surface area contributed by atoms with Crippen LogP contribution in [0, 0.1) is 12.7 Å². The van der Waals surface area contributed by atoms with Crippen LogP contribution < -0.4 is 5.56 Å². The van der Waals surface area contributed by atoms with Gasteiger partial charge in [-0.1, -0.05) is 30.3 Å². The SMILES string of the molecule is Cc1c(-c2ccccc2F)c2oc3ccccc3c2[nH]c1=O. The van der Waals surface area contributed by atoms with Crippen LogP contribution >= 0.6 is 0 Å². The number of fused-ring (bicyclic) bond motifs is 3. The van der Waals surface area contributed by atoms with E-state index in [2.05, 4.69) is 4.98 Å².